The van der Waals surface area contributed by atoms with Crippen LogP contribution in [-0.2, 0) is 13.1 Å². The highest BCUT2D eigenvalue weighted by atomic mass is 15.1. The Labute approximate surface area is 124 Å². The zero-order valence-electron chi connectivity index (χ0n) is 12.5. The summed E-state index contributed by atoms with van der Waals surface area (Å²) in [6.07, 6.45) is 8.03. The van der Waals surface area contributed by atoms with E-state index in [9.17, 15) is 0 Å². The molecule has 0 unspecified atom stereocenters. The highest BCUT2D eigenvalue weighted by Crippen LogP contribution is 2.07. The molecule has 110 valence electrons. The summed E-state index contributed by atoms with van der Waals surface area (Å²) in [5.74, 6) is 0.657. The van der Waals surface area contributed by atoms with E-state index in [2.05, 4.69) is 46.1 Å². The van der Waals surface area contributed by atoms with Crippen molar-refractivity contribution in [3.05, 3.63) is 54.5 Å². The first-order chi connectivity index (χ1) is 10.2. The lowest BCUT2D eigenvalue weighted by Crippen LogP contribution is -2.19. The zero-order valence-corrected chi connectivity index (χ0v) is 12.5. The molecule has 0 aromatic carbocycles. The summed E-state index contributed by atoms with van der Waals surface area (Å²) < 4.78 is 4.12. The number of nitrogens with one attached hydrogen (secondary N) is 1. The van der Waals surface area contributed by atoms with E-state index in [0.717, 1.165) is 36.7 Å². The summed E-state index contributed by atoms with van der Waals surface area (Å²) in [5, 5.41) is 3.40. The van der Waals surface area contributed by atoms with E-state index >= 15 is 0 Å². The van der Waals surface area contributed by atoms with Gasteiger partial charge in [-0.1, -0.05) is 19.9 Å². The Morgan fingerprint density at radius 3 is 2.90 bits per heavy atom. The van der Waals surface area contributed by atoms with E-state index in [1.54, 1.807) is 0 Å². The lowest BCUT2D eigenvalue weighted by Gasteiger charge is -2.04. The van der Waals surface area contributed by atoms with Gasteiger partial charge in [0.2, 0.25) is 0 Å². The second-order valence-electron chi connectivity index (χ2n) is 5.76. The molecule has 5 nitrogen and oxygen atoms in total. The number of hydrogen-bond acceptors (Lipinski definition) is 3. The molecule has 0 aliphatic heterocycles. The van der Waals surface area contributed by atoms with Gasteiger partial charge in [-0.3, -0.25) is 0 Å². The Kier molecular flexibility index (Phi) is 4.01. The normalized spacial score (nSPS) is 11.6. The van der Waals surface area contributed by atoms with Crippen LogP contribution < -0.4 is 5.32 Å². The minimum absolute atomic E-state index is 0.657. The van der Waals surface area contributed by atoms with Crippen LogP contribution in [0.25, 0.3) is 5.65 Å². The van der Waals surface area contributed by atoms with Gasteiger partial charge in [-0.25, -0.2) is 9.97 Å². The molecule has 1 N–H and O–H groups in total. The Hall–Kier alpha value is -2.14. The molecule has 0 saturated carbocycles. The molecule has 3 heterocycles. The summed E-state index contributed by atoms with van der Waals surface area (Å²) in [6, 6.07) is 6.02. The number of pyridine rings is 1. The predicted octanol–water partition coefficient (Wildman–Crippen LogP) is 2.32. The number of imidazole rings is 2. The maximum absolute atomic E-state index is 4.60. The summed E-state index contributed by atoms with van der Waals surface area (Å²) in [5.41, 5.74) is 3.09. The maximum atomic E-state index is 4.60. The van der Waals surface area contributed by atoms with Crippen LogP contribution >= 0.6 is 0 Å². The van der Waals surface area contributed by atoms with Crippen LogP contribution in [0, 0.1) is 5.92 Å². The minimum atomic E-state index is 0.657. The van der Waals surface area contributed by atoms with Gasteiger partial charge in [-0.2, -0.15) is 0 Å². The number of rotatable bonds is 6. The molecule has 0 fully saturated rings. The van der Waals surface area contributed by atoms with E-state index in [4.69, 9.17) is 0 Å². The van der Waals surface area contributed by atoms with Crippen molar-refractivity contribution >= 4 is 5.65 Å². The molecule has 0 saturated heterocycles. The summed E-state index contributed by atoms with van der Waals surface area (Å²) in [4.78, 5) is 9.03. The molecular formula is C16H21N5. The topological polar surface area (TPSA) is 47.2 Å². The first kappa shape index (κ1) is 13.8. The third-order valence-electron chi connectivity index (χ3n) is 3.30. The van der Waals surface area contributed by atoms with Crippen molar-refractivity contribution in [2.75, 3.05) is 6.54 Å². The van der Waals surface area contributed by atoms with Gasteiger partial charge in [-0.05, 0) is 24.6 Å². The molecule has 0 aliphatic rings. The fraction of sp³-hybridized carbons (Fsp3) is 0.375. The first-order valence-electron chi connectivity index (χ1n) is 7.34. The van der Waals surface area contributed by atoms with Gasteiger partial charge in [0.15, 0.2) is 0 Å². The molecule has 3 rings (SSSR count). The fourth-order valence-corrected chi connectivity index (χ4v) is 2.32. The minimum Gasteiger partial charge on any atom is -0.331 e. The molecule has 5 heteroatoms. The van der Waals surface area contributed by atoms with Crippen molar-refractivity contribution in [2.24, 2.45) is 5.92 Å². The molecule has 0 aliphatic carbocycles. The van der Waals surface area contributed by atoms with Crippen LogP contribution in [0.4, 0.5) is 0 Å². The van der Waals surface area contributed by atoms with Crippen molar-refractivity contribution in [2.45, 2.75) is 26.9 Å². The number of aromatic nitrogens is 4. The Morgan fingerprint density at radius 1 is 1.19 bits per heavy atom. The van der Waals surface area contributed by atoms with Gasteiger partial charge < -0.3 is 14.3 Å². The average molecular weight is 283 g/mol. The second kappa shape index (κ2) is 6.10. The van der Waals surface area contributed by atoms with Gasteiger partial charge in [0.25, 0.3) is 0 Å². The van der Waals surface area contributed by atoms with E-state index in [-0.39, 0.29) is 0 Å². The van der Waals surface area contributed by atoms with Gasteiger partial charge in [0.05, 0.1) is 24.3 Å². The largest absolute Gasteiger partial charge is 0.331 e. The zero-order chi connectivity index (χ0) is 14.7. The third-order valence-corrected chi connectivity index (χ3v) is 3.30. The van der Waals surface area contributed by atoms with Crippen LogP contribution in [0.3, 0.4) is 0 Å². The number of hydrogen-bond donors (Lipinski definition) is 1. The van der Waals surface area contributed by atoms with E-state index in [1.807, 2.05) is 35.1 Å². The summed E-state index contributed by atoms with van der Waals surface area (Å²) in [6.45, 7) is 6.98. The van der Waals surface area contributed by atoms with Crippen LogP contribution in [-0.4, -0.2) is 25.5 Å². The van der Waals surface area contributed by atoms with Crippen molar-refractivity contribution in [1.82, 2.24) is 24.3 Å². The van der Waals surface area contributed by atoms with Gasteiger partial charge in [-0.15, -0.1) is 0 Å². The standard InChI is InChI=1S/C16H21N5/c1-13(2)7-17-8-14-9-20(12-18-14)10-15-11-21-6-4-3-5-16(21)19-15/h3-6,9,11-13,17H,7-8,10H2,1-2H3. The fourth-order valence-electron chi connectivity index (χ4n) is 2.32. The predicted molar refractivity (Wildman–Crippen MR) is 83.1 cm³/mol. The highest BCUT2D eigenvalue weighted by molar-refractivity contribution is 5.39. The number of fused-ring (bicyclic) bond motifs is 1. The molecule has 0 amide bonds. The molecule has 0 bridgehead atoms. The van der Waals surface area contributed by atoms with E-state index in [1.165, 1.54) is 0 Å². The molecule has 0 radical (unpaired) electrons. The highest BCUT2D eigenvalue weighted by Gasteiger charge is 2.04. The van der Waals surface area contributed by atoms with E-state index < -0.39 is 0 Å². The van der Waals surface area contributed by atoms with Crippen molar-refractivity contribution < 1.29 is 0 Å². The Bertz CT molecular complexity index is 677. The lowest BCUT2D eigenvalue weighted by molar-refractivity contribution is 0.548. The van der Waals surface area contributed by atoms with Gasteiger partial charge in [0.1, 0.15) is 5.65 Å². The summed E-state index contributed by atoms with van der Waals surface area (Å²) in [7, 11) is 0. The summed E-state index contributed by atoms with van der Waals surface area (Å²) >= 11 is 0. The van der Waals surface area contributed by atoms with Crippen LogP contribution in [0.15, 0.2) is 43.1 Å². The molecule has 21 heavy (non-hydrogen) atoms. The molecule has 0 atom stereocenters. The lowest BCUT2D eigenvalue weighted by atomic mass is 10.2. The third kappa shape index (κ3) is 3.49. The molecule has 3 aromatic rings. The van der Waals surface area contributed by atoms with Crippen molar-refractivity contribution in [1.29, 1.82) is 0 Å². The second-order valence-corrected chi connectivity index (χ2v) is 5.76. The smallest absolute Gasteiger partial charge is 0.137 e. The van der Waals surface area contributed by atoms with Crippen LogP contribution in [0.5, 0.6) is 0 Å². The molecule has 3 aromatic heterocycles. The van der Waals surface area contributed by atoms with Crippen LogP contribution in [0.2, 0.25) is 0 Å². The molecular weight excluding hydrogens is 262 g/mol. The van der Waals surface area contributed by atoms with Gasteiger partial charge >= 0.3 is 0 Å². The SMILES string of the molecule is CC(C)CNCc1cn(Cc2cn3ccccc3n2)cn1. The number of nitrogens with zero attached hydrogens (tertiary/aromatic N) is 4. The Balaban J connectivity index is 1.63. The quantitative estimate of drug-likeness (QED) is 0.755. The van der Waals surface area contributed by atoms with Crippen molar-refractivity contribution in [3.63, 3.8) is 0 Å². The van der Waals surface area contributed by atoms with E-state index in [0.29, 0.717) is 5.92 Å². The first-order valence-corrected chi connectivity index (χ1v) is 7.34. The maximum Gasteiger partial charge on any atom is 0.137 e. The molecule has 0 spiro atoms. The van der Waals surface area contributed by atoms with Crippen LogP contribution in [0.1, 0.15) is 25.2 Å². The Morgan fingerprint density at radius 2 is 2.10 bits per heavy atom. The van der Waals surface area contributed by atoms with Crippen molar-refractivity contribution in [3.8, 4) is 0 Å². The average Bonchev–Trinajstić information content (AvgIpc) is 3.04. The van der Waals surface area contributed by atoms with Gasteiger partial charge in [0, 0.05) is 25.1 Å². The monoisotopic (exact) mass is 283 g/mol.